The van der Waals surface area contributed by atoms with Crippen molar-refractivity contribution in [3.05, 3.63) is 77.1 Å². The summed E-state index contributed by atoms with van der Waals surface area (Å²) in [5.41, 5.74) is 6.93. The van der Waals surface area contributed by atoms with Crippen molar-refractivity contribution in [1.82, 2.24) is 0 Å². The molecule has 1 aliphatic rings. The topological polar surface area (TPSA) is 9.23 Å². The van der Waals surface area contributed by atoms with Crippen LogP contribution >= 0.6 is 0 Å². The van der Waals surface area contributed by atoms with E-state index in [0.717, 1.165) is 36.0 Å². The van der Waals surface area contributed by atoms with E-state index in [1.165, 1.54) is 36.1 Å². The fourth-order valence-electron chi connectivity index (χ4n) is 4.04. The van der Waals surface area contributed by atoms with Crippen molar-refractivity contribution < 1.29 is 17.9 Å². The number of fused-ring (bicyclic) bond motifs is 3. The summed E-state index contributed by atoms with van der Waals surface area (Å²) >= 11 is 0. The molecule has 150 valence electrons. The van der Waals surface area contributed by atoms with Gasteiger partial charge < -0.3 is 4.74 Å². The SMILES string of the molecule is CCCCc1ccc2c(c1)CCc1cc(-c3ccc(OC(F)F)cc3)c(F)cc1-2. The van der Waals surface area contributed by atoms with Gasteiger partial charge in [-0.2, -0.15) is 8.78 Å². The summed E-state index contributed by atoms with van der Waals surface area (Å²) in [6.07, 6.45) is 5.22. The zero-order chi connectivity index (χ0) is 20.4. The third kappa shape index (κ3) is 4.16. The number of unbranched alkanes of at least 4 members (excludes halogenated alkanes) is 1. The fourth-order valence-corrected chi connectivity index (χ4v) is 4.04. The predicted molar refractivity (Wildman–Crippen MR) is 110 cm³/mol. The summed E-state index contributed by atoms with van der Waals surface area (Å²) < 4.78 is 44.0. The summed E-state index contributed by atoms with van der Waals surface area (Å²) in [4.78, 5) is 0. The highest BCUT2D eigenvalue weighted by molar-refractivity contribution is 5.78. The van der Waals surface area contributed by atoms with Gasteiger partial charge in [0.2, 0.25) is 0 Å². The standard InChI is InChI=1S/C25H23F3O/c1-2-3-4-16-5-12-21-18(13-16)6-7-19-14-23(24(26)15-22(19)21)17-8-10-20(11-9-17)29-25(27)28/h5,8-15,25H,2-4,6-7H2,1H3. The second-order valence-electron chi connectivity index (χ2n) is 7.49. The minimum atomic E-state index is -2.87. The largest absolute Gasteiger partial charge is 0.435 e. The van der Waals surface area contributed by atoms with Crippen LogP contribution in [0.5, 0.6) is 5.75 Å². The molecule has 0 saturated heterocycles. The third-order valence-corrected chi connectivity index (χ3v) is 5.53. The molecule has 1 aliphatic carbocycles. The molecule has 0 heterocycles. The van der Waals surface area contributed by atoms with Crippen molar-refractivity contribution in [3.8, 4) is 28.0 Å². The van der Waals surface area contributed by atoms with Gasteiger partial charge in [0.15, 0.2) is 0 Å². The van der Waals surface area contributed by atoms with Gasteiger partial charge in [0.05, 0.1) is 0 Å². The number of rotatable bonds is 6. The average molecular weight is 396 g/mol. The van der Waals surface area contributed by atoms with E-state index in [9.17, 15) is 13.2 Å². The molecule has 0 N–H and O–H groups in total. The minimum Gasteiger partial charge on any atom is -0.435 e. The number of alkyl halides is 2. The van der Waals surface area contributed by atoms with Crippen LogP contribution in [-0.2, 0) is 19.3 Å². The Hall–Kier alpha value is -2.75. The highest BCUT2D eigenvalue weighted by Gasteiger charge is 2.20. The molecule has 0 aromatic heterocycles. The third-order valence-electron chi connectivity index (χ3n) is 5.53. The van der Waals surface area contributed by atoms with E-state index in [4.69, 9.17) is 0 Å². The molecule has 0 radical (unpaired) electrons. The molecule has 4 heteroatoms. The van der Waals surface area contributed by atoms with E-state index in [0.29, 0.717) is 11.1 Å². The van der Waals surface area contributed by atoms with Crippen molar-refractivity contribution >= 4 is 0 Å². The number of hydrogen-bond donors (Lipinski definition) is 0. The first-order valence-electron chi connectivity index (χ1n) is 10.0. The van der Waals surface area contributed by atoms with Crippen LogP contribution in [0.3, 0.4) is 0 Å². The van der Waals surface area contributed by atoms with Gasteiger partial charge in [-0.1, -0.05) is 43.7 Å². The van der Waals surface area contributed by atoms with E-state index < -0.39 is 6.61 Å². The average Bonchev–Trinajstić information content (AvgIpc) is 2.72. The molecule has 0 amide bonds. The van der Waals surface area contributed by atoms with Gasteiger partial charge in [0.1, 0.15) is 11.6 Å². The van der Waals surface area contributed by atoms with Crippen LogP contribution in [0.4, 0.5) is 13.2 Å². The lowest BCUT2D eigenvalue weighted by Gasteiger charge is -2.22. The Morgan fingerprint density at radius 1 is 0.862 bits per heavy atom. The van der Waals surface area contributed by atoms with Crippen LogP contribution < -0.4 is 4.74 Å². The quantitative estimate of drug-likeness (QED) is 0.428. The normalized spacial score (nSPS) is 12.6. The maximum atomic E-state index is 15.0. The Labute approximate surface area is 169 Å². The number of hydrogen-bond acceptors (Lipinski definition) is 1. The Morgan fingerprint density at radius 3 is 2.28 bits per heavy atom. The lowest BCUT2D eigenvalue weighted by molar-refractivity contribution is -0.0498. The van der Waals surface area contributed by atoms with Crippen LogP contribution in [0.25, 0.3) is 22.3 Å². The molecule has 0 unspecified atom stereocenters. The Bertz CT molecular complexity index is 1010. The second-order valence-corrected chi connectivity index (χ2v) is 7.49. The minimum absolute atomic E-state index is 0.0647. The van der Waals surface area contributed by atoms with Crippen LogP contribution in [0, 0.1) is 5.82 Å². The first-order chi connectivity index (χ1) is 14.0. The van der Waals surface area contributed by atoms with Crippen molar-refractivity contribution in [3.63, 3.8) is 0 Å². The molecule has 3 aromatic carbocycles. The molecule has 1 nitrogen and oxygen atoms in total. The smallest absolute Gasteiger partial charge is 0.387 e. The summed E-state index contributed by atoms with van der Waals surface area (Å²) in [5.74, 6) is -0.246. The maximum Gasteiger partial charge on any atom is 0.387 e. The number of aryl methyl sites for hydroxylation is 3. The van der Waals surface area contributed by atoms with E-state index >= 15 is 0 Å². The van der Waals surface area contributed by atoms with Gasteiger partial charge in [-0.25, -0.2) is 4.39 Å². The summed E-state index contributed by atoms with van der Waals surface area (Å²) in [5, 5.41) is 0. The number of benzene rings is 3. The van der Waals surface area contributed by atoms with Gasteiger partial charge in [0, 0.05) is 5.56 Å². The van der Waals surface area contributed by atoms with Gasteiger partial charge in [-0.15, -0.1) is 0 Å². The van der Waals surface area contributed by atoms with E-state index in [1.807, 2.05) is 6.07 Å². The lowest BCUT2D eigenvalue weighted by Crippen LogP contribution is -2.06. The molecule has 0 fully saturated rings. The van der Waals surface area contributed by atoms with E-state index in [2.05, 4.69) is 29.9 Å². The maximum absolute atomic E-state index is 15.0. The molecule has 3 aromatic rings. The van der Waals surface area contributed by atoms with E-state index in [1.54, 1.807) is 18.2 Å². The summed E-state index contributed by atoms with van der Waals surface area (Å²) in [7, 11) is 0. The van der Waals surface area contributed by atoms with Gasteiger partial charge in [0.25, 0.3) is 0 Å². The summed E-state index contributed by atoms with van der Waals surface area (Å²) in [6.45, 7) is -0.683. The lowest BCUT2D eigenvalue weighted by atomic mass is 9.83. The molecule has 0 saturated carbocycles. The van der Waals surface area contributed by atoms with E-state index in [-0.39, 0.29) is 11.6 Å². The van der Waals surface area contributed by atoms with Crippen molar-refractivity contribution in [2.24, 2.45) is 0 Å². The van der Waals surface area contributed by atoms with Crippen molar-refractivity contribution in [1.29, 1.82) is 0 Å². The highest BCUT2D eigenvalue weighted by Crippen LogP contribution is 2.38. The molecule has 4 rings (SSSR count). The van der Waals surface area contributed by atoms with Crippen molar-refractivity contribution in [2.75, 3.05) is 0 Å². The monoisotopic (exact) mass is 396 g/mol. The van der Waals surface area contributed by atoms with Crippen molar-refractivity contribution in [2.45, 2.75) is 45.6 Å². The molecule has 0 spiro atoms. The van der Waals surface area contributed by atoms with Gasteiger partial charge in [-0.3, -0.25) is 0 Å². The number of halogens is 3. The molecule has 29 heavy (non-hydrogen) atoms. The molecular formula is C25H23F3O. The Kier molecular flexibility index (Phi) is 5.61. The zero-order valence-electron chi connectivity index (χ0n) is 16.4. The number of ether oxygens (including phenoxy) is 1. The molecule has 0 bridgehead atoms. The van der Waals surface area contributed by atoms with Crippen LogP contribution in [0.15, 0.2) is 54.6 Å². The van der Waals surface area contributed by atoms with Gasteiger partial charge >= 0.3 is 6.61 Å². The van der Waals surface area contributed by atoms with Crippen LogP contribution in [0.2, 0.25) is 0 Å². The van der Waals surface area contributed by atoms with Crippen LogP contribution in [-0.4, -0.2) is 6.61 Å². The predicted octanol–water partition coefficient (Wildman–Crippen LogP) is 7.20. The van der Waals surface area contributed by atoms with Gasteiger partial charge in [-0.05, 0) is 83.3 Å². The zero-order valence-corrected chi connectivity index (χ0v) is 16.4. The first-order valence-corrected chi connectivity index (χ1v) is 10.0. The highest BCUT2D eigenvalue weighted by atomic mass is 19.3. The van der Waals surface area contributed by atoms with Crippen LogP contribution in [0.1, 0.15) is 36.5 Å². The fraction of sp³-hybridized carbons (Fsp3) is 0.280. The first kappa shape index (κ1) is 19.6. The Morgan fingerprint density at radius 2 is 1.59 bits per heavy atom. The summed E-state index contributed by atoms with van der Waals surface area (Å²) in [6, 6.07) is 16.1. The molecular weight excluding hydrogens is 373 g/mol. The molecule has 0 atom stereocenters. The second kappa shape index (κ2) is 8.32. The molecule has 0 aliphatic heterocycles. The Balaban J connectivity index is 1.65.